The maximum Gasteiger partial charge on any atom is 0.299 e. The Balaban J connectivity index is 1.82. The zero-order valence-electron chi connectivity index (χ0n) is 9.71. The molecule has 0 bridgehead atoms. The standard InChI is InChI=1S/C15H12N2O/c1-3-7-12(8-4-1)14-11-18-15(17-14)16-13-9-5-2-6-10-13/h1-11H,(H,16,17). The highest BCUT2D eigenvalue weighted by Gasteiger charge is 2.05. The second-order valence-electron chi connectivity index (χ2n) is 3.89. The van der Waals surface area contributed by atoms with Crippen molar-refractivity contribution >= 4 is 11.7 Å². The summed E-state index contributed by atoms with van der Waals surface area (Å²) in [6.45, 7) is 0. The molecule has 0 saturated heterocycles. The van der Waals surface area contributed by atoms with Crippen LogP contribution in [-0.4, -0.2) is 4.98 Å². The summed E-state index contributed by atoms with van der Waals surface area (Å²) >= 11 is 0. The largest absolute Gasteiger partial charge is 0.431 e. The minimum Gasteiger partial charge on any atom is -0.431 e. The van der Waals surface area contributed by atoms with Crippen LogP contribution in [0.25, 0.3) is 11.3 Å². The number of nitrogens with one attached hydrogen (secondary N) is 1. The second-order valence-corrected chi connectivity index (χ2v) is 3.89. The van der Waals surface area contributed by atoms with Gasteiger partial charge >= 0.3 is 0 Å². The van der Waals surface area contributed by atoms with Crippen LogP contribution >= 0.6 is 0 Å². The van der Waals surface area contributed by atoms with Crippen molar-refractivity contribution in [3.05, 3.63) is 66.9 Å². The van der Waals surface area contributed by atoms with Crippen molar-refractivity contribution in [1.82, 2.24) is 4.98 Å². The molecule has 2 aromatic carbocycles. The molecule has 0 saturated carbocycles. The first-order valence-corrected chi connectivity index (χ1v) is 5.75. The quantitative estimate of drug-likeness (QED) is 0.744. The predicted molar refractivity (Wildman–Crippen MR) is 71.7 cm³/mol. The fraction of sp³-hybridized carbons (Fsp3) is 0. The van der Waals surface area contributed by atoms with E-state index in [1.54, 1.807) is 6.26 Å². The van der Waals surface area contributed by atoms with Crippen molar-refractivity contribution in [3.63, 3.8) is 0 Å². The van der Waals surface area contributed by atoms with Gasteiger partial charge in [-0.2, -0.15) is 4.98 Å². The molecule has 3 nitrogen and oxygen atoms in total. The van der Waals surface area contributed by atoms with Gasteiger partial charge in [-0.3, -0.25) is 0 Å². The summed E-state index contributed by atoms with van der Waals surface area (Å²) in [7, 11) is 0. The van der Waals surface area contributed by atoms with Crippen LogP contribution in [0.3, 0.4) is 0 Å². The summed E-state index contributed by atoms with van der Waals surface area (Å²) in [6, 6.07) is 20.3. The topological polar surface area (TPSA) is 38.1 Å². The maximum absolute atomic E-state index is 5.40. The summed E-state index contributed by atoms with van der Waals surface area (Å²) in [5.74, 6) is 0. The molecule has 0 aliphatic carbocycles. The molecule has 0 atom stereocenters. The van der Waals surface area contributed by atoms with E-state index in [-0.39, 0.29) is 0 Å². The minimum atomic E-state index is 0.500. The third-order valence-electron chi connectivity index (χ3n) is 2.60. The molecule has 1 aromatic heterocycles. The molecular weight excluding hydrogens is 224 g/mol. The molecule has 18 heavy (non-hydrogen) atoms. The number of hydrogen-bond donors (Lipinski definition) is 1. The molecule has 0 aliphatic heterocycles. The SMILES string of the molecule is c1ccc(Nc2nc(-c3ccccc3)co2)cc1. The van der Waals surface area contributed by atoms with Gasteiger partial charge in [-0.25, -0.2) is 0 Å². The van der Waals surface area contributed by atoms with Crippen molar-refractivity contribution < 1.29 is 4.42 Å². The van der Waals surface area contributed by atoms with Crippen LogP contribution < -0.4 is 5.32 Å². The van der Waals surface area contributed by atoms with Gasteiger partial charge in [-0.05, 0) is 12.1 Å². The molecule has 0 spiro atoms. The van der Waals surface area contributed by atoms with E-state index >= 15 is 0 Å². The van der Waals surface area contributed by atoms with Crippen LogP contribution in [0.4, 0.5) is 11.7 Å². The van der Waals surface area contributed by atoms with Gasteiger partial charge in [0.15, 0.2) is 0 Å². The molecule has 0 fully saturated rings. The van der Waals surface area contributed by atoms with Crippen LogP contribution in [0, 0.1) is 0 Å². The minimum absolute atomic E-state index is 0.500. The number of rotatable bonds is 3. The monoisotopic (exact) mass is 236 g/mol. The van der Waals surface area contributed by atoms with Crippen molar-refractivity contribution in [2.45, 2.75) is 0 Å². The zero-order chi connectivity index (χ0) is 12.2. The molecule has 0 aliphatic rings. The van der Waals surface area contributed by atoms with Gasteiger partial charge in [0, 0.05) is 11.3 Å². The average Bonchev–Trinajstić information content (AvgIpc) is 2.89. The summed E-state index contributed by atoms with van der Waals surface area (Å²) < 4.78 is 5.40. The first-order chi connectivity index (χ1) is 8.92. The molecular formula is C15H12N2O. The molecule has 0 unspecified atom stereocenters. The Kier molecular flexibility index (Phi) is 2.80. The lowest BCUT2D eigenvalue weighted by Crippen LogP contribution is -1.89. The Morgan fingerprint density at radius 1 is 0.833 bits per heavy atom. The molecule has 3 rings (SSSR count). The van der Waals surface area contributed by atoms with E-state index in [4.69, 9.17) is 4.42 Å². The summed E-state index contributed by atoms with van der Waals surface area (Å²) in [5.41, 5.74) is 2.83. The van der Waals surface area contributed by atoms with Gasteiger partial charge in [0.1, 0.15) is 12.0 Å². The number of benzene rings is 2. The summed E-state index contributed by atoms with van der Waals surface area (Å²) in [4.78, 5) is 4.40. The van der Waals surface area contributed by atoms with Crippen molar-refractivity contribution in [3.8, 4) is 11.3 Å². The second kappa shape index (κ2) is 4.75. The van der Waals surface area contributed by atoms with Crippen molar-refractivity contribution in [2.75, 3.05) is 5.32 Å². The third kappa shape index (κ3) is 2.25. The van der Waals surface area contributed by atoms with Crippen molar-refractivity contribution in [2.24, 2.45) is 0 Å². The lowest BCUT2D eigenvalue weighted by atomic mass is 10.2. The molecule has 1 N–H and O–H groups in total. The van der Waals surface area contributed by atoms with E-state index in [2.05, 4.69) is 10.3 Å². The van der Waals surface area contributed by atoms with Gasteiger partial charge < -0.3 is 9.73 Å². The number of hydrogen-bond acceptors (Lipinski definition) is 3. The highest BCUT2D eigenvalue weighted by molar-refractivity contribution is 5.61. The van der Waals surface area contributed by atoms with Crippen LogP contribution in [0.15, 0.2) is 71.3 Å². The van der Waals surface area contributed by atoms with Crippen molar-refractivity contribution in [1.29, 1.82) is 0 Å². The van der Waals surface area contributed by atoms with E-state index < -0.39 is 0 Å². The third-order valence-corrected chi connectivity index (χ3v) is 2.60. The lowest BCUT2D eigenvalue weighted by molar-refractivity contribution is 0.578. The number of anilines is 2. The van der Waals surface area contributed by atoms with E-state index in [1.807, 2.05) is 60.7 Å². The molecule has 0 radical (unpaired) electrons. The smallest absolute Gasteiger partial charge is 0.299 e. The van der Waals surface area contributed by atoms with Crippen LogP contribution in [-0.2, 0) is 0 Å². The predicted octanol–water partition coefficient (Wildman–Crippen LogP) is 4.09. The van der Waals surface area contributed by atoms with E-state index in [0.29, 0.717) is 6.01 Å². The number of para-hydroxylation sites is 1. The van der Waals surface area contributed by atoms with E-state index in [0.717, 1.165) is 16.9 Å². The fourth-order valence-corrected chi connectivity index (χ4v) is 1.72. The zero-order valence-corrected chi connectivity index (χ0v) is 9.71. The number of aromatic nitrogens is 1. The van der Waals surface area contributed by atoms with Gasteiger partial charge in [-0.15, -0.1) is 0 Å². The average molecular weight is 236 g/mol. The van der Waals surface area contributed by atoms with Gasteiger partial charge in [0.25, 0.3) is 6.01 Å². The number of oxazole rings is 1. The highest BCUT2D eigenvalue weighted by Crippen LogP contribution is 2.22. The Morgan fingerprint density at radius 2 is 1.50 bits per heavy atom. The summed E-state index contributed by atoms with van der Waals surface area (Å²) in [5, 5.41) is 3.12. The highest BCUT2D eigenvalue weighted by atomic mass is 16.4. The summed E-state index contributed by atoms with van der Waals surface area (Å²) in [6.07, 6.45) is 1.65. The number of nitrogens with zero attached hydrogens (tertiary/aromatic N) is 1. The molecule has 1 heterocycles. The first-order valence-electron chi connectivity index (χ1n) is 5.75. The maximum atomic E-state index is 5.40. The van der Waals surface area contributed by atoms with Gasteiger partial charge in [0.05, 0.1) is 0 Å². The Morgan fingerprint density at radius 3 is 2.22 bits per heavy atom. The van der Waals surface area contributed by atoms with E-state index in [9.17, 15) is 0 Å². The molecule has 3 aromatic rings. The van der Waals surface area contributed by atoms with Crippen LogP contribution in [0.1, 0.15) is 0 Å². The van der Waals surface area contributed by atoms with Crippen LogP contribution in [0.5, 0.6) is 0 Å². The first kappa shape index (κ1) is 10.6. The van der Waals surface area contributed by atoms with Gasteiger partial charge in [-0.1, -0.05) is 48.5 Å². The lowest BCUT2D eigenvalue weighted by Gasteiger charge is -1.99. The normalized spacial score (nSPS) is 10.2. The van der Waals surface area contributed by atoms with E-state index in [1.165, 1.54) is 0 Å². The molecule has 3 heteroatoms. The molecule has 88 valence electrons. The van der Waals surface area contributed by atoms with Crippen LogP contribution in [0.2, 0.25) is 0 Å². The fourth-order valence-electron chi connectivity index (χ4n) is 1.72. The Bertz CT molecular complexity index is 617. The van der Waals surface area contributed by atoms with Gasteiger partial charge in [0.2, 0.25) is 0 Å². The molecule has 0 amide bonds. The Hall–Kier alpha value is -2.55. The Labute approximate surface area is 105 Å².